The Morgan fingerprint density at radius 3 is 2.70 bits per heavy atom. The third kappa shape index (κ3) is 2.93. The Kier molecular flexibility index (Phi) is 4.28. The Morgan fingerprint density at radius 2 is 2.10 bits per heavy atom. The first kappa shape index (κ1) is 14.4. The molecule has 0 fully saturated rings. The van der Waals surface area contributed by atoms with Crippen molar-refractivity contribution in [2.75, 3.05) is 11.1 Å². The Bertz CT molecular complexity index is 705. The lowest BCUT2D eigenvalue weighted by Gasteiger charge is -2.10. The molecular weight excluding hydrogens is 342 g/mol. The van der Waals surface area contributed by atoms with Crippen molar-refractivity contribution in [1.82, 2.24) is 0 Å². The first-order valence-electron chi connectivity index (χ1n) is 5.58. The van der Waals surface area contributed by atoms with Gasteiger partial charge >= 0.3 is 0 Å². The van der Waals surface area contributed by atoms with Crippen molar-refractivity contribution in [3.05, 3.63) is 57.0 Å². The number of hydrogen-bond acceptors (Lipinski definition) is 3. The molecule has 0 aromatic heterocycles. The number of carbonyl (C=O) groups is 1. The van der Waals surface area contributed by atoms with Gasteiger partial charge in [0.25, 0.3) is 5.91 Å². The Hall–Kier alpha value is -2.03. The molecule has 0 aliphatic heterocycles. The van der Waals surface area contributed by atoms with Crippen LogP contribution >= 0.6 is 27.5 Å². The van der Waals surface area contributed by atoms with Crippen LogP contribution in [0.1, 0.15) is 15.9 Å². The number of nitriles is 1. The molecule has 6 heteroatoms. The zero-order valence-corrected chi connectivity index (χ0v) is 12.5. The molecule has 0 saturated carbocycles. The Morgan fingerprint density at radius 1 is 1.35 bits per heavy atom. The maximum absolute atomic E-state index is 12.2. The number of carbonyl (C=O) groups excluding carboxylic acids is 1. The van der Waals surface area contributed by atoms with Crippen LogP contribution in [-0.2, 0) is 0 Å². The highest BCUT2D eigenvalue weighted by molar-refractivity contribution is 9.10. The Balaban J connectivity index is 2.31. The van der Waals surface area contributed by atoms with Crippen molar-refractivity contribution in [1.29, 1.82) is 5.26 Å². The SMILES string of the molecule is N#Cc1ccc(NC(=O)c2c(N)cccc2Cl)c(Br)c1. The quantitative estimate of drug-likeness (QED) is 0.808. The van der Waals surface area contributed by atoms with Gasteiger partial charge in [0.05, 0.1) is 27.9 Å². The number of benzene rings is 2. The molecule has 0 aliphatic carbocycles. The van der Waals surface area contributed by atoms with Crippen LogP contribution in [0.3, 0.4) is 0 Å². The summed E-state index contributed by atoms with van der Waals surface area (Å²) in [5.74, 6) is -0.404. The fourth-order valence-electron chi connectivity index (χ4n) is 1.65. The minimum atomic E-state index is -0.404. The van der Waals surface area contributed by atoms with Crippen LogP contribution in [0.2, 0.25) is 5.02 Å². The number of nitrogens with zero attached hydrogens (tertiary/aromatic N) is 1. The molecule has 0 bridgehead atoms. The number of rotatable bonds is 2. The molecule has 0 heterocycles. The number of amides is 1. The molecule has 0 atom stereocenters. The molecule has 20 heavy (non-hydrogen) atoms. The molecule has 0 radical (unpaired) electrons. The van der Waals surface area contributed by atoms with Crippen molar-refractivity contribution in [3.63, 3.8) is 0 Å². The van der Waals surface area contributed by atoms with E-state index in [1.165, 1.54) is 0 Å². The monoisotopic (exact) mass is 349 g/mol. The summed E-state index contributed by atoms with van der Waals surface area (Å²) in [6, 6.07) is 11.7. The van der Waals surface area contributed by atoms with Crippen molar-refractivity contribution >= 4 is 44.8 Å². The van der Waals surface area contributed by atoms with Crippen molar-refractivity contribution in [3.8, 4) is 6.07 Å². The predicted octanol–water partition coefficient (Wildman–Crippen LogP) is 3.81. The van der Waals surface area contributed by atoms with Crippen LogP contribution in [0.5, 0.6) is 0 Å². The lowest BCUT2D eigenvalue weighted by atomic mass is 10.1. The largest absolute Gasteiger partial charge is 0.398 e. The van der Waals surface area contributed by atoms with Crippen molar-refractivity contribution < 1.29 is 4.79 Å². The highest BCUT2D eigenvalue weighted by atomic mass is 79.9. The van der Waals surface area contributed by atoms with Gasteiger partial charge in [-0.3, -0.25) is 4.79 Å². The first-order chi connectivity index (χ1) is 9.52. The second-order valence-corrected chi connectivity index (χ2v) is 5.23. The van der Waals surface area contributed by atoms with Gasteiger partial charge in [-0.25, -0.2) is 0 Å². The lowest BCUT2D eigenvalue weighted by Crippen LogP contribution is -2.15. The number of anilines is 2. The highest BCUT2D eigenvalue weighted by Gasteiger charge is 2.15. The second kappa shape index (κ2) is 5.95. The van der Waals surface area contributed by atoms with Gasteiger partial charge in [0, 0.05) is 10.2 Å². The van der Waals surface area contributed by atoms with E-state index in [4.69, 9.17) is 22.6 Å². The molecule has 2 rings (SSSR count). The number of nitrogen functional groups attached to an aromatic ring is 1. The summed E-state index contributed by atoms with van der Waals surface area (Å²) < 4.78 is 0.607. The minimum absolute atomic E-state index is 0.227. The second-order valence-electron chi connectivity index (χ2n) is 3.96. The third-order valence-corrected chi connectivity index (χ3v) is 3.59. The molecule has 0 unspecified atom stereocenters. The van der Waals surface area contributed by atoms with Crippen LogP contribution in [0.15, 0.2) is 40.9 Å². The number of nitrogens with two attached hydrogens (primary N) is 1. The minimum Gasteiger partial charge on any atom is -0.398 e. The standard InChI is InChI=1S/C14H9BrClN3O/c15-9-6-8(7-17)4-5-12(9)19-14(20)13-10(16)2-1-3-11(13)18/h1-6H,18H2,(H,19,20). The van der Waals surface area contributed by atoms with E-state index in [1.54, 1.807) is 36.4 Å². The Labute approximate surface area is 129 Å². The average molecular weight is 351 g/mol. The predicted molar refractivity (Wildman–Crippen MR) is 82.7 cm³/mol. The van der Waals surface area contributed by atoms with E-state index >= 15 is 0 Å². The van der Waals surface area contributed by atoms with E-state index in [9.17, 15) is 4.79 Å². The normalized spacial score (nSPS) is 9.85. The summed E-state index contributed by atoms with van der Waals surface area (Å²) in [5, 5.41) is 11.8. The van der Waals surface area contributed by atoms with Gasteiger partial charge in [-0.15, -0.1) is 0 Å². The van der Waals surface area contributed by atoms with E-state index in [-0.39, 0.29) is 10.6 Å². The van der Waals surface area contributed by atoms with Gasteiger partial charge in [0.2, 0.25) is 0 Å². The summed E-state index contributed by atoms with van der Waals surface area (Å²) in [6.07, 6.45) is 0. The van der Waals surface area contributed by atoms with E-state index in [2.05, 4.69) is 21.2 Å². The summed E-state index contributed by atoms with van der Waals surface area (Å²) in [4.78, 5) is 12.2. The lowest BCUT2D eigenvalue weighted by molar-refractivity contribution is 0.102. The van der Waals surface area contributed by atoms with Gasteiger partial charge in [0.15, 0.2) is 0 Å². The van der Waals surface area contributed by atoms with Crippen LogP contribution in [-0.4, -0.2) is 5.91 Å². The van der Waals surface area contributed by atoms with Crippen molar-refractivity contribution in [2.24, 2.45) is 0 Å². The van der Waals surface area contributed by atoms with E-state index in [1.807, 2.05) is 6.07 Å². The number of halogens is 2. The van der Waals surface area contributed by atoms with E-state index < -0.39 is 5.91 Å². The summed E-state index contributed by atoms with van der Waals surface area (Å²) in [7, 11) is 0. The van der Waals surface area contributed by atoms with Gasteiger partial charge in [-0.1, -0.05) is 17.7 Å². The zero-order chi connectivity index (χ0) is 14.7. The maximum Gasteiger partial charge on any atom is 0.259 e. The van der Waals surface area contributed by atoms with Gasteiger partial charge in [0.1, 0.15) is 0 Å². The number of nitrogens with one attached hydrogen (secondary N) is 1. The average Bonchev–Trinajstić information content (AvgIpc) is 2.41. The third-order valence-electron chi connectivity index (χ3n) is 2.62. The summed E-state index contributed by atoms with van der Waals surface area (Å²) in [6.45, 7) is 0. The van der Waals surface area contributed by atoms with Crippen molar-refractivity contribution in [2.45, 2.75) is 0 Å². The maximum atomic E-state index is 12.2. The summed E-state index contributed by atoms with van der Waals surface area (Å²) >= 11 is 9.28. The van der Waals surface area contributed by atoms with E-state index in [0.717, 1.165) is 0 Å². The smallest absolute Gasteiger partial charge is 0.259 e. The zero-order valence-electron chi connectivity index (χ0n) is 10.2. The number of hydrogen-bond donors (Lipinski definition) is 2. The molecule has 0 aliphatic rings. The van der Waals surface area contributed by atoms with Crippen LogP contribution < -0.4 is 11.1 Å². The van der Waals surface area contributed by atoms with E-state index in [0.29, 0.717) is 21.4 Å². The van der Waals surface area contributed by atoms with Crippen LogP contribution in [0.25, 0.3) is 0 Å². The fraction of sp³-hybridized carbons (Fsp3) is 0. The van der Waals surface area contributed by atoms with Gasteiger partial charge in [-0.2, -0.15) is 5.26 Å². The molecule has 0 spiro atoms. The van der Waals surface area contributed by atoms with Gasteiger partial charge < -0.3 is 11.1 Å². The summed E-state index contributed by atoms with van der Waals surface area (Å²) in [5.41, 5.74) is 7.32. The van der Waals surface area contributed by atoms with Crippen LogP contribution in [0, 0.1) is 11.3 Å². The highest BCUT2D eigenvalue weighted by Crippen LogP contribution is 2.27. The molecule has 0 saturated heterocycles. The first-order valence-corrected chi connectivity index (χ1v) is 6.75. The molecule has 2 aromatic carbocycles. The molecule has 2 aromatic rings. The molecular formula is C14H9BrClN3O. The van der Waals surface area contributed by atoms with Crippen LogP contribution in [0.4, 0.5) is 11.4 Å². The molecule has 4 nitrogen and oxygen atoms in total. The van der Waals surface area contributed by atoms with Gasteiger partial charge in [-0.05, 0) is 46.3 Å². The fourth-order valence-corrected chi connectivity index (χ4v) is 2.40. The topological polar surface area (TPSA) is 78.9 Å². The molecule has 1 amide bonds. The molecule has 100 valence electrons. The molecule has 3 N–H and O–H groups in total.